The molecule has 0 atom stereocenters. The van der Waals surface area contributed by atoms with Gasteiger partial charge in [-0.2, -0.15) is 5.26 Å². The van der Waals surface area contributed by atoms with Crippen molar-refractivity contribution in [1.82, 2.24) is 4.98 Å². The summed E-state index contributed by atoms with van der Waals surface area (Å²) in [6.45, 7) is 2.75. The first-order valence-electron chi connectivity index (χ1n) is 8.68. The van der Waals surface area contributed by atoms with Crippen molar-refractivity contribution in [3.8, 4) is 6.07 Å². The average Bonchev–Trinajstić information content (AvgIpc) is 3.22. The number of anilines is 1. The number of ether oxygens (including phenoxy) is 1. The lowest BCUT2D eigenvalue weighted by Crippen LogP contribution is -2.27. The van der Waals surface area contributed by atoms with Gasteiger partial charge in [0.05, 0.1) is 17.2 Å². The molecular weight excluding hydrogens is 396 g/mol. The van der Waals surface area contributed by atoms with Gasteiger partial charge in [0.2, 0.25) is 5.13 Å². The Balaban J connectivity index is 2.10. The van der Waals surface area contributed by atoms with Crippen LogP contribution in [-0.4, -0.2) is 35.5 Å². The van der Waals surface area contributed by atoms with Crippen LogP contribution in [-0.2, 0) is 9.53 Å². The highest BCUT2D eigenvalue weighted by Gasteiger charge is 2.12. The zero-order valence-corrected chi connectivity index (χ0v) is 16.5. The lowest BCUT2D eigenvalue weighted by atomic mass is 10.2. The van der Waals surface area contributed by atoms with E-state index in [2.05, 4.69) is 22.1 Å². The Morgan fingerprint density at radius 3 is 2.72 bits per heavy atom. The van der Waals surface area contributed by atoms with Crippen LogP contribution in [0.3, 0.4) is 0 Å². The van der Waals surface area contributed by atoms with E-state index < -0.39 is 4.92 Å². The Hall–Kier alpha value is -3.61. The summed E-state index contributed by atoms with van der Waals surface area (Å²) < 4.78 is 5.11. The number of rotatable bonds is 11. The molecule has 0 fully saturated rings. The minimum absolute atomic E-state index is 0.0665. The maximum atomic E-state index is 11.1. The number of aromatic nitrogens is 1. The summed E-state index contributed by atoms with van der Waals surface area (Å²) in [6.07, 6.45) is 3.02. The third kappa shape index (κ3) is 6.80. The van der Waals surface area contributed by atoms with Gasteiger partial charge < -0.3 is 9.64 Å². The fraction of sp³-hybridized carbons (Fsp3) is 0.333. The van der Waals surface area contributed by atoms with Crippen LogP contribution in [0.15, 0.2) is 46.4 Å². The molecule has 29 heavy (non-hydrogen) atoms. The van der Waals surface area contributed by atoms with E-state index in [4.69, 9.17) is 10.00 Å². The number of benzene rings is 1. The van der Waals surface area contributed by atoms with Gasteiger partial charge in [0.1, 0.15) is 12.3 Å². The third-order valence-corrected chi connectivity index (χ3v) is 4.50. The van der Waals surface area contributed by atoms with Crippen molar-refractivity contribution in [2.45, 2.75) is 19.8 Å². The van der Waals surface area contributed by atoms with Crippen LogP contribution >= 0.6 is 11.3 Å². The van der Waals surface area contributed by atoms with Crippen LogP contribution in [0.1, 0.15) is 19.8 Å². The van der Waals surface area contributed by atoms with E-state index in [0.29, 0.717) is 12.2 Å². The molecule has 0 unspecified atom stereocenters. The number of hydrogen-bond donors (Lipinski definition) is 0. The minimum Gasteiger partial charge on any atom is -0.470 e. The second-order valence-corrected chi connectivity index (χ2v) is 6.69. The predicted octanol–water partition coefficient (Wildman–Crippen LogP) is 4.33. The molecule has 1 aromatic carbocycles. The first kappa shape index (κ1) is 21.7. The molecule has 0 saturated carbocycles. The minimum atomic E-state index is -0.529. The Morgan fingerprint density at radius 2 is 2.14 bits per heavy atom. The molecule has 0 N–H and O–H groups in total. The van der Waals surface area contributed by atoms with Crippen LogP contribution in [0.25, 0.3) is 0 Å². The summed E-state index contributed by atoms with van der Waals surface area (Å²) in [5, 5.41) is 27.3. The van der Waals surface area contributed by atoms with Crippen LogP contribution < -0.4 is 4.90 Å². The highest BCUT2D eigenvalue weighted by molar-refractivity contribution is 7.18. The van der Waals surface area contributed by atoms with Gasteiger partial charge in [-0.1, -0.05) is 13.3 Å². The normalized spacial score (nSPS) is 10.3. The number of thiazole rings is 1. The molecule has 11 heteroatoms. The molecule has 0 amide bonds. The van der Waals surface area contributed by atoms with Crippen molar-refractivity contribution >= 4 is 38.8 Å². The van der Waals surface area contributed by atoms with Crippen molar-refractivity contribution < 1.29 is 14.5 Å². The maximum Gasteiger partial charge on any atom is 0.345 e. The average molecular weight is 414 g/mol. The molecule has 0 spiro atoms. The van der Waals surface area contributed by atoms with E-state index in [-0.39, 0.29) is 29.0 Å². The summed E-state index contributed by atoms with van der Waals surface area (Å²) in [7, 11) is 0. The number of hydrogen-bond acceptors (Lipinski definition) is 10. The van der Waals surface area contributed by atoms with Gasteiger partial charge in [0.25, 0.3) is 0 Å². The summed E-state index contributed by atoms with van der Waals surface area (Å²) >= 11 is 0.838. The van der Waals surface area contributed by atoms with Crippen LogP contribution in [0.4, 0.5) is 21.5 Å². The van der Waals surface area contributed by atoms with Crippen LogP contribution in [0.2, 0.25) is 0 Å². The highest BCUT2D eigenvalue weighted by atomic mass is 32.1. The van der Waals surface area contributed by atoms with E-state index >= 15 is 0 Å². The van der Waals surface area contributed by atoms with Crippen LogP contribution in [0.5, 0.6) is 0 Å². The molecule has 2 aromatic rings. The van der Waals surface area contributed by atoms with Gasteiger partial charge in [-0.05, 0) is 42.0 Å². The zero-order valence-electron chi connectivity index (χ0n) is 15.6. The highest BCUT2D eigenvalue weighted by Crippen LogP contribution is 2.29. The van der Waals surface area contributed by atoms with Crippen LogP contribution in [0, 0.1) is 21.4 Å². The van der Waals surface area contributed by atoms with Crippen molar-refractivity contribution in [3.63, 3.8) is 0 Å². The fourth-order valence-electron chi connectivity index (χ4n) is 2.27. The summed E-state index contributed by atoms with van der Waals surface area (Å²) in [6, 6.07) is 8.94. The third-order valence-electron chi connectivity index (χ3n) is 3.67. The number of azo groups is 1. The Labute approximate surface area is 170 Å². The molecule has 0 aliphatic rings. The first-order valence-corrected chi connectivity index (χ1v) is 9.49. The molecule has 2 rings (SSSR count). The van der Waals surface area contributed by atoms with Gasteiger partial charge in [-0.15, -0.1) is 10.2 Å². The quantitative estimate of drug-likeness (QED) is 0.176. The van der Waals surface area contributed by atoms with Crippen molar-refractivity contribution in [1.29, 1.82) is 5.26 Å². The second-order valence-electron chi connectivity index (χ2n) is 5.70. The smallest absolute Gasteiger partial charge is 0.345 e. The Morgan fingerprint density at radius 1 is 1.38 bits per heavy atom. The molecule has 10 nitrogen and oxygen atoms in total. The predicted molar refractivity (Wildman–Crippen MR) is 107 cm³/mol. The molecular formula is C18H18N6O4S. The van der Waals surface area contributed by atoms with E-state index in [1.807, 2.05) is 23.1 Å². The number of nitro groups is 1. The summed E-state index contributed by atoms with van der Waals surface area (Å²) in [4.78, 5) is 27.0. The standard InChI is InChI=1S/C18H18N6O4S/c1-2-3-9-23(12-16(13-25)28-10-8-19)15-6-4-14(5-7-15)21-22-18-20-11-17(29-18)24(26)27/h4-7,11H,2-3,9-10,12H2,1H3. The van der Waals surface area contributed by atoms with Crippen molar-refractivity contribution in [3.05, 3.63) is 46.3 Å². The van der Waals surface area contributed by atoms with E-state index in [1.165, 1.54) is 0 Å². The zero-order chi connectivity index (χ0) is 21.1. The number of unbranched alkanes of at least 4 members (excludes halogenated alkanes) is 1. The van der Waals surface area contributed by atoms with E-state index in [1.54, 1.807) is 18.1 Å². The number of nitrogens with zero attached hydrogens (tertiary/aromatic N) is 6. The maximum absolute atomic E-state index is 11.1. The molecule has 1 aromatic heterocycles. The monoisotopic (exact) mass is 414 g/mol. The van der Waals surface area contributed by atoms with Gasteiger partial charge in [-0.25, -0.2) is 9.78 Å². The molecule has 150 valence electrons. The summed E-state index contributed by atoms with van der Waals surface area (Å²) in [5.41, 5.74) is 1.39. The van der Waals surface area contributed by atoms with Gasteiger partial charge in [-0.3, -0.25) is 10.1 Å². The lowest BCUT2D eigenvalue weighted by Gasteiger charge is -2.24. The van der Waals surface area contributed by atoms with Crippen molar-refractivity contribution in [2.24, 2.45) is 10.2 Å². The van der Waals surface area contributed by atoms with E-state index in [0.717, 1.165) is 36.1 Å². The number of carbonyl (C=O) groups excluding carboxylic acids is 1. The van der Waals surface area contributed by atoms with E-state index in [9.17, 15) is 14.9 Å². The fourth-order valence-corrected chi connectivity index (χ4v) is 2.82. The Bertz CT molecular complexity index is 944. The molecule has 1 heterocycles. The van der Waals surface area contributed by atoms with Gasteiger partial charge in [0.15, 0.2) is 18.3 Å². The largest absolute Gasteiger partial charge is 0.470 e. The molecule has 0 saturated heterocycles. The van der Waals surface area contributed by atoms with Gasteiger partial charge in [0, 0.05) is 12.2 Å². The second kappa shape index (κ2) is 11.3. The molecule has 0 aliphatic heterocycles. The van der Waals surface area contributed by atoms with Gasteiger partial charge >= 0.3 is 5.00 Å². The molecule has 0 radical (unpaired) electrons. The number of nitriles is 1. The Kier molecular flexibility index (Phi) is 8.44. The topological polar surface area (TPSA) is 134 Å². The molecule has 0 aliphatic carbocycles. The summed E-state index contributed by atoms with van der Waals surface area (Å²) in [5.74, 6) is 1.80. The lowest BCUT2D eigenvalue weighted by molar-refractivity contribution is -0.380. The van der Waals surface area contributed by atoms with Crippen molar-refractivity contribution in [2.75, 3.05) is 24.6 Å². The SMILES string of the molecule is CCCCN(CC(=C=O)OCC#N)c1ccc(N=Nc2ncc([N+](=O)[O-])s2)cc1. The first-order chi connectivity index (χ1) is 14.1. The molecule has 0 bridgehead atoms.